The number of carbonyl (C=O) groups is 2. The molecule has 1 aliphatic heterocycles. The second kappa shape index (κ2) is 7.80. The van der Waals surface area contributed by atoms with Crippen LogP contribution in [0.2, 0.25) is 0 Å². The topological polar surface area (TPSA) is 58.6 Å². The van der Waals surface area contributed by atoms with Crippen LogP contribution in [0.15, 0.2) is 59.6 Å². The molecular formula is C24H22N2O3S. The van der Waals surface area contributed by atoms with Crippen LogP contribution in [0.5, 0.6) is 5.75 Å². The van der Waals surface area contributed by atoms with Gasteiger partial charge in [-0.3, -0.25) is 9.59 Å². The molecule has 1 aromatic heterocycles. The molecule has 0 radical (unpaired) electrons. The highest BCUT2D eigenvalue weighted by molar-refractivity contribution is 7.11. The summed E-state index contributed by atoms with van der Waals surface area (Å²) >= 11 is 1.43. The van der Waals surface area contributed by atoms with Crippen molar-refractivity contribution in [3.05, 3.63) is 81.2 Å². The van der Waals surface area contributed by atoms with E-state index in [4.69, 9.17) is 4.74 Å². The van der Waals surface area contributed by atoms with Crippen LogP contribution in [0.4, 0.5) is 11.4 Å². The van der Waals surface area contributed by atoms with E-state index in [1.807, 2.05) is 62.5 Å². The highest BCUT2D eigenvalue weighted by Crippen LogP contribution is 2.39. The van der Waals surface area contributed by atoms with Gasteiger partial charge in [-0.15, -0.1) is 11.3 Å². The lowest BCUT2D eigenvalue weighted by molar-refractivity contribution is -0.120. The van der Waals surface area contributed by atoms with Crippen molar-refractivity contribution in [2.75, 3.05) is 17.3 Å². The number of hydrogen-bond donors (Lipinski definition) is 1. The fourth-order valence-corrected chi connectivity index (χ4v) is 4.22. The lowest BCUT2D eigenvalue weighted by atomic mass is 10.1. The van der Waals surface area contributed by atoms with E-state index in [0.717, 1.165) is 27.3 Å². The Morgan fingerprint density at radius 3 is 2.40 bits per heavy atom. The molecule has 3 aromatic rings. The zero-order valence-electron chi connectivity index (χ0n) is 17.3. The third-order valence-electron chi connectivity index (χ3n) is 5.20. The molecule has 152 valence electrons. The van der Waals surface area contributed by atoms with Crippen molar-refractivity contribution < 1.29 is 14.3 Å². The minimum Gasteiger partial charge on any atom is -0.495 e. The standard InChI is InChI=1S/C24H22N2O3S/c1-14-7-10-19(29-4)18(12-14)26-23(27)21(20-6-5-11-30-20)22(24(26)28)25-17-9-8-15(2)16(3)13-17/h5-13,25H,1-4H3. The van der Waals surface area contributed by atoms with Crippen LogP contribution in [0.3, 0.4) is 0 Å². The molecule has 6 heteroatoms. The van der Waals surface area contributed by atoms with Crippen LogP contribution >= 0.6 is 11.3 Å². The predicted molar refractivity (Wildman–Crippen MR) is 121 cm³/mol. The summed E-state index contributed by atoms with van der Waals surface area (Å²) in [5.74, 6) is -0.288. The number of amides is 2. The molecule has 2 heterocycles. The summed E-state index contributed by atoms with van der Waals surface area (Å²) in [6.07, 6.45) is 0. The third-order valence-corrected chi connectivity index (χ3v) is 6.09. The van der Waals surface area contributed by atoms with E-state index in [9.17, 15) is 9.59 Å². The number of anilines is 2. The normalized spacial score (nSPS) is 13.9. The molecule has 1 N–H and O–H groups in total. The van der Waals surface area contributed by atoms with Crippen LogP contribution in [-0.2, 0) is 9.59 Å². The molecule has 0 aliphatic carbocycles. The van der Waals surface area contributed by atoms with Crippen molar-refractivity contribution in [2.45, 2.75) is 20.8 Å². The molecular weight excluding hydrogens is 396 g/mol. The first-order valence-electron chi connectivity index (χ1n) is 9.56. The van der Waals surface area contributed by atoms with E-state index in [0.29, 0.717) is 17.0 Å². The number of aryl methyl sites for hydroxylation is 3. The Bertz CT molecular complexity index is 1180. The summed E-state index contributed by atoms with van der Waals surface area (Å²) < 4.78 is 5.44. The average Bonchev–Trinajstić information content (AvgIpc) is 3.32. The van der Waals surface area contributed by atoms with Gasteiger partial charge in [0.2, 0.25) is 0 Å². The van der Waals surface area contributed by atoms with Crippen LogP contribution in [-0.4, -0.2) is 18.9 Å². The van der Waals surface area contributed by atoms with Crippen LogP contribution < -0.4 is 15.0 Å². The highest BCUT2D eigenvalue weighted by Gasteiger charge is 2.41. The Balaban J connectivity index is 1.83. The maximum atomic E-state index is 13.5. The van der Waals surface area contributed by atoms with Crippen molar-refractivity contribution in [2.24, 2.45) is 0 Å². The fraction of sp³-hybridized carbons (Fsp3) is 0.167. The zero-order chi connectivity index (χ0) is 21.4. The molecule has 0 fully saturated rings. The Morgan fingerprint density at radius 2 is 1.73 bits per heavy atom. The zero-order valence-corrected chi connectivity index (χ0v) is 18.1. The summed E-state index contributed by atoms with van der Waals surface area (Å²) in [4.78, 5) is 28.9. The van der Waals surface area contributed by atoms with Gasteiger partial charge >= 0.3 is 0 Å². The molecule has 4 rings (SSSR count). The van der Waals surface area contributed by atoms with Gasteiger partial charge in [-0.2, -0.15) is 0 Å². The van der Waals surface area contributed by atoms with E-state index in [1.165, 1.54) is 23.3 Å². The molecule has 0 unspecified atom stereocenters. The molecule has 0 saturated heterocycles. The van der Waals surface area contributed by atoms with Gasteiger partial charge in [0.05, 0.1) is 18.4 Å². The number of imide groups is 1. The Kier molecular flexibility index (Phi) is 5.18. The Hall–Kier alpha value is -3.38. The van der Waals surface area contributed by atoms with Gasteiger partial charge in [0, 0.05) is 10.6 Å². The molecule has 0 spiro atoms. The van der Waals surface area contributed by atoms with Crippen molar-refractivity contribution in [3.63, 3.8) is 0 Å². The van der Waals surface area contributed by atoms with Gasteiger partial charge in [-0.1, -0.05) is 18.2 Å². The molecule has 0 atom stereocenters. The van der Waals surface area contributed by atoms with E-state index in [-0.39, 0.29) is 11.6 Å². The van der Waals surface area contributed by atoms with Gasteiger partial charge in [0.25, 0.3) is 11.8 Å². The van der Waals surface area contributed by atoms with Gasteiger partial charge < -0.3 is 10.1 Å². The summed E-state index contributed by atoms with van der Waals surface area (Å²) in [5.41, 5.74) is 5.05. The lowest BCUT2D eigenvalue weighted by Gasteiger charge is -2.19. The van der Waals surface area contributed by atoms with Crippen molar-refractivity contribution in [1.82, 2.24) is 0 Å². The SMILES string of the molecule is COc1ccc(C)cc1N1C(=O)C(Nc2ccc(C)c(C)c2)=C(c2cccs2)C1=O. The number of nitrogens with zero attached hydrogens (tertiary/aromatic N) is 1. The number of hydrogen-bond acceptors (Lipinski definition) is 5. The molecule has 2 amide bonds. The van der Waals surface area contributed by atoms with E-state index in [1.54, 1.807) is 12.1 Å². The maximum absolute atomic E-state index is 13.5. The van der Waals surface area contributed by atoms with Crippen molar-refractivity contribution in [1.29, 1.82) is 0 Å². The van der Waals surface area contributed by atoms with Gasteiger partial charge in [0.15, 0.2) is 0 Å². The third kappa shape index (κ3) is 3.39. The second-order valence-electron chi connectivity index (χ2n) is 7.27. The monoisotopic (exact) mass is 418 g/mol. The number of benzene rings is 2. The first-order valence-corrected chi connectivity index (χ1v) is 10.4. The lowest BCUT2D eigenvalue weighted by Crippen LogP contribution is -2.32. The van der Waals surface area contributed by atoms with Crippen molar-refractivity contribution >= 4 is 40.1 Å². The Labute approximate surface area is 179 Å². The maximum Gasteiger partial charge on any atom is 0.282 e. The Morgan fingerprint density at radius 1 is 0.933 bits per heavy atom. The number of methoxy groups -OCH3 is 1. The summed E-state index contributed by atoms with van der Waals surface area (Å²) in [7, 11) is 1.53. The fourth-order valence-electron chi connectivity index (χ4n) is 3.45. The molecule has 5 nitrogen and oxygen atoms in total. The number of nitrogens with one attached hydrogen (secondary N) is 1. The summed E-state index contributed by atoms with van der Waals surface area (Å²) in [6, 6.07) is 15.0. The quantitative estimate of drug-likeness (QED) is 0.587. The largest absolute Gasteiger partial charge is 0.495 e. The van der Waals surface area contributed by atoms with Gasteiger partial charge in [-0.25, -0.2) is 4.90 Å². The molecule has 2 aromatic carbocycles. The average molecular weight is 419 g/mol. The number of carbonyl (C=O) groups excluding carboxylic acids is 2. The van der Waals surface area contributed by atoms with Crippen molar-refractivity contribution in [3.8, 4) is 5.75 Å². The minimum atomic E-state index is -0.398. The number of thiophene rings is 1. The molecule has 0 bridgehead atoms. The first kappa shape index (κ1) is 19.9. The number of rotatable bonds is 5. The summed E-state index contributed by atoms with van der Waals surface area (Å²) in [5, 5.41) is 5.11. The van der Waals surface area contributed by atoms with Crippen LogP contribution in [0.25, 0.3) is 5.57 Å². The number of ether oxygens (including phenoxy) is 1. The highest BCUT2D eigenvalue weighted by atomic mass is 32.1. The van der Waals surface area contributed by atoms with E-state index >= 15 is 0 Å². The second-order valence-corrected chi connectivity index (χ2v) is 8.22. The first-order chi connectivity index (χ1) is 14.4. The predicted octanol–water partition coefficient (Wildman–Crippen LogP) is 5.08. The smallest absolute Gasteiger partial charge is 0.282 e. The van der Waals surface area contributed by atoms with Gasteiger partial charge in [-0.05, 0) is 73.2 Å². The molecule has 0 saturated carbocycles. The van der Waals surface area contributed by atoms with E-state index < -0.39 is 5.91 Å². The molecule has 30 heavy (non-hydrogen) atoms. The summed E-state index contributed by atoms with van der Waals surface area (Å²) in [6.45, 7) is 5.96. The molecule has 1 aliphatic rings. The van der Waals surface area contributed by atoms with Crippen LogP contribution in [0, 0.1) is 20.8 Å². The van der Waals surface area contributed by atoms with Crippen LogP contribution in [0.1, 0.15) is 21.6 Å². The van der Waals surface area contributed by atoms with Gasteiger partial charge in [0.1, 0.15) is 11.4 Å². The minimum absolute atomic E-state index is 0.272. The van der Waals surface area contributed by atoms with E-state index in [2.05, 4.69) is 5.32 Å².